The van der Waals surface area contributed by atoms with Crippen molar-refractivity contribution in [2.45, 2.75) is 37.3 Å². The monoisotopic (exact) mass is 740 g/mol. The number of halogens is 2. The van der Waals surface area contributed by atoms with Gasteiger partial charge in [-0.3, -0.25) is 4.79 Å². The minimum absolute atomic E-state index is 0.111. The maximum absolute atomic E-state index is 14.5. The topological polar surface area (TPSA) is 106 Å². The third-order valence-corrected chi connectivity index (χ3v) is 12.1. The number of aromatic nitrogens is 5. The summed E-state index contributed by atoms with van der Waals surface area (Å²) in [6.45, 7) is 0. The maximum atomic E-state index is 14.5. The van der Waals surface area contributed by atoms with Crippen LogP contribution in [0.3, 0.4) is 0 Å². The van der Waals surface area contributed by atoms with E-state index in [1.54, 1.807) is 18.3 Å². The van der Waals surface area contributed by atoms with Gasteiger partial charge in [-0.25, -0.2) is 19.9 Å². The van der Waals surface area contributed by atoms with Crippen LogP contribution < -0.4 is 5.32 Å². The van der Waals surface area contributed by atoms with E-state index in [9.17, 15) is 14.3 Å². The largest absolute Gasteiger partial charge is 0.481 e. The van der Waals surface area contributed by atoms with Crippen LogP contribution >= 0.6 is 22.9 Å². The van der Waals surface area contributed by atoms with Gasteiger partial charge in [-0.15, -0.1) is 11.3 Å². The van der Waals surface area contributed by atoms with Gasteiger partial charge in [-0.1, -0.05) is 103 Å². The van der Waals surface area contributed by atoms with Crippen LogP contribution in [0.4, 0.5) is 10.2 Å². The molecule has 3 saturated carbocycles. The summed E-state index contributed by atoms with van der Waals surface area (Å²) in [7, 11) is 0. The quantitative estimate of drug-likeness (QED) is 0.142. The van der Waals surface area contributed by atoms with E-state index >= 15 is 0 Å². The fraction of sp³-hybridized carbons (Fsp3) is 0.214. The van der Waals surface area contributed by atoms with Crippen molar-refractivity contribution >= 4 is 45.9 Å². The molecule has 2 N–H and O–H groups in total. The molecule has 0 amide bonds. The van der Waals surface area contributed by atoms with E-state index in [1.165, 1.54) is 6.07 Å². The lowest BCUT2D eigenvalue weighted by Crippen LogP contribution is -2.51. The highest BCUT2D eigenvalue weighted by molar-refractivity contribution is 7.13. The summed E-state index contributed by atoms with van der Waals surface area (Å²) >= 11 is 7.58. The smallest absolute Gasteiger partial charge is 0.308 e. The molecule has 11 heteroatoms. The fourth-order valence-electron chi connectivity index (χ4n) is 8.75. The van der Waals surface area contributed by atoms with Crippen molar-refractivity contribution in [3.05, 3.63) is 149 Å². The van der Waals surface area contributed by atoms with Gasteiger partial charge >= 0.3 is 5.97 Å². The third-order valence-electron chi connectivity index (χ3n) is 11.0. The van der Waals surface area contributed by atoms with Crippen molar-refractivity contribution in [1.82, 2.24) is 24.5 Å². The van der Waals surface area contributed by atoms with E-state index < -0.39 is 17.4 Å². The van der Waals surface area contributed by atoms with Crippen molar-refractivity contribution in [3.8, 4) is 22.0 Å². The highest BCUT2D eigenvalue weighted by Crippen LogP contribution is 2.47. The Bertz CT molecular complexity index is 2340. The normalized spacial score (nSPS) is 19.7. The van der Waals surface area contributed by atoms with Gasteiger partial charge in [0, 0.05) is 18.3 Å². The minimum Gasteiger partial charge on any atom is -0.481 e. The average Bonchev–Trinajstić information content (AvgIpc) is 3.80. The summed E-state index contributed by atoms with van der Waals surface area (Å²) in [5.74, 6) is -0.206. The number of thiophene rings is 1. The number of fused-ring (bicyclic) bond motifs is 4. The molecule has 3 aliphatic rings. The molecule has 3 fully saturated rings. The van der Waals surface area contributed by atoms with E-state index in [2.05, 4.69) is 46.3 Å². The first-order chi connectivity index (χ1) is 25.9. The molecule has 7 aromatic rings. The van der Waals surface area contributed by atoms with Gasteiger partial charge in [0.15, 0.2) is 16.6 Å². The van der Waals surface area contributed by atoms with E-state index in [1.807, 2.05) is 60.8 Å². The molecule has 264 valence electrons. The third kappa shape index (κ3) is 5.77. The maximum Gasteiger partial charge on any atom is 0.308 e. The Morgan fingerprint density at radius 1 is 0.830 bits per heavy atom. The van der Waals surface area contributed by atoms with E-state index in [4.69, 9.17) is 31.5 Å². The van der Waals surface area contributed by atoms with Crippen LogP contribution in [0.5, 0.6) is 0 Å². The molecule has 3 aliphatic carbocycles. The van der Waals surface area contributed by atoms with Gasteiger partial charge in [0.2, 0.25) is 0 Å². The predicted octanol–water partition coefficient (Wildman–Crippen LogP) is 9.55. The van der Waals surface area contributed by atoms with Crippen molar-refractivity contribution in [1.29, 1.82) is 0 Å². The molecule has 0 radical (unpaired) electrons. The molecule has 3 aromatic carbocycles. The summed E-state index contributed by atoms with van der Waals surface area (Å²) < 4.78 is 16.6. The minimum atomic E-state index is -0.922. The number of nitrogens with one attached hydrogen (secondary N) is 1. The van der Waals surface area contributed by atoms with Crippen LogP contribution in [-0.4, -0.2) is 41.6 Å². The van der Waals surface area contributed by atoms with Crippen LogP contribution in [0.25, 0.3) is 33.1 Å². The zero-order valence-electron chi connectivity index (χ0n) is 28.4. The van der Waals surface area contributed by atoms with Gasteiger partial charge in [0.05, 0.1) is 28.2 Å². The number of hydrogen-bond donors (Lipinski definition) is 2. The first-order valence-corrected chi connectivity index (χ1v) is 18.9. The second kappa shape index (κ2) is 13.5. The van der Waals surface area contributed by atoms with Gasteiger partial charge in [-0.05, 0) is 66.3 Å². The molecule has 10 rings (SSSR count). The fourth-order valence-corrected chi connectivity index (χ4v) is 9.57. The van der Waals surface area contributed by atoms with Crippen LogP contribution in [0.15, 0.2) is 122 Å². The Balaban J connectivity index is 1.30. The molecule has 0 aliphatic heterocycles. The lowest BCUT2D eigenvalue weighted by molar-refractivity contribution is -0.148. The van der Waals surface area contributed by atoms with Crippen LogP contribution in [0, 0.1) is 22.9 Å². The number of aliphatic carboxylic acids is 1. The molecule has 8 nitrogen and oxygen atoms in total. The number of benzene rings is 3. The summed E-state index contributed by atoms with van der Waals surface area (Å²) in [5.41, 5.74) is 4.20. The standard InChI is InChI=1S/C42H34ClFN6O2S/c43-33-23-45-40-38(47-33)30(24-50(40)42(27-10-4-1-5-11-27,28-12-6-2-7-13-28)29-14-8-3-9-15-29)39-46-31(32-20-21-34(44)53-32)22-35(49-39)48-37-26-18-16-25(17-19-26)36(37)41(51)52/h1-15,20-26,36-37H,16-19H2,(H,51,52)(H,46,48,49). The second-order valence-electron chi connectivity index (χ2n) is 13.9. The summed E-state index contributed by atoms with van der Waals surface area (Å²) in [6.07, 6.45) is 7.29. The van der Waals surface area contributed by atoms with Crippen molar-refractivity contribution < 1.29 is 14.3 Å². The lowest BCUT2D eigenvalue weighted by Gasteiger charge is -2.47. The zero-order valence-corrected chi connectivity index (χ0v) is 30.0. The number of carbonyl (C=O) groups is 1. The van der Waals surface area contributed by atoms with Crippen LogP contribution in [0.1, 0.15) is 42.4 Å². The SMILES string of the molecule is O=C(O)C1C2CCC(CC2)C1Nc1cc(-c2ccc(F)s2)nc(-c2cn(C(c3ccccc3)(c3ccccc3)c3ccccc3)c3ncc(Cl)nc23)n1. The van der Waals surface area contributed by atoms with Crippen molar-refractivity contribution in [2.75, 3.05) is 5.32 Å². The number of carboxylic acids is 1. The Hall–Kier alpha value is -5.45. The van der Waals surface area contributed by atoms with Crippen molar-refractivity contribution in [3.63, 3.8) is 0 Å². The molecule has 53 heavy (non-hydrogen) atoms. The highest BCUT2D eigenvalue weighted by atomic mass is 35.5. The summed E-state index contributed by atoms with van der Waals surface area (Å²) in [6, 6.07) is 35.4. The number of anilines is 1. The Labute approximate surface area is 314 Å². The molecular formula is C42H34ClFN6O2S. The first-order valence-electron chi connectivity index (χ1n) is 17.8. The average molecular weight is 741 g/mol. The van der Waals surface area contributed by atoms with E-state index in [0.29, 0.717) is 38.9 Å². The Morgan fingerprint density at radius 2 is 1.43 bits per heavy atom. The van der Waals surface area contributed by atoms with Gasteiger partial charge in [0.25, 0.3) is 0 Å². The van der Waals surface area contributed by atoms with Crippen LogP contribution in [-0.2, 0) is 10.3 Å². The van der Waals surface area contributed by atoms with Crippen molar-refractivity contribution in [2.24, 2.45) is 17.8 Å². The molecule has 2 atom stereocenters. The summed E-state index contributed by atoms with van der Waals surface area (Å²) in [5, 5.41) is 13.8. The molecule has 4 aromatic heterocycles. The Morgan fingerprint density at radius 3 is 2.00 bits per heavy atom. The number of hydrogen-bond acceptors (Lipinski definition) is 7. The Kier molecular flexibility index (Phi) is 8.51. The number of carboxylic acid groups (broad SMARTS) is 1. The lowest BCUT2D eigenvalue weighted by atomic mass is 9.61. The van der Waals surface area contributed by atoms with E-state index in [-0.39, 0.29) is 28.2 Å². The van der Waals surface area contributed by atoms with E-state index in [0.717, 1.165) is 53.7 Å². The molecular weight excluding hydrogens is 707 g/mol. The molecule has 0 spiro atoms. The highest BCUT2D eigenvalue weighted by Gasteiger charge is 2.47. The summed E-state index contributed by atoms with van der Waals surface area (Å²) in [4.78, 5) is 33.1. The number of rotatable bonds is 9. The van der Waals surface area contributed by atoms with Crippen LogP contribution in [0.2, 0.25) is 5.15 Å². The first kappa shape index (κ1) is 33.4. The second-order valence-corrected chi connectivity index (χ2v) is 15.3. The van der Waals surface area contributed by atoms with Gasteiger partial charge < -0.3 is 15.0 Å². The molecule has 2 unspecified atom stereocenters. The molecule has 0 saturated heterocycles. The molecule has 4 heterocycles. The van der Waals surface area contributed by atoms with Gasteiger partial charge in [0.1, 0.15) is 22.0 Å². The number of nitrogens with zero attached hydrogens (tertiary/aromatic N) is 5. The predicted molar refractivity (Wildman–Crippen MR) is 205 cm³/mol. The van der Waals surface area contributed by atoms with Gasteiger partial charge in [-0.2, -0.15) is 4.39 Å². The zero-order chi connectivity index (χ0) is 36.1. The molecule has 2 bridgehead atoms.